The molecule has 132 valence electrons. The summed E-state index contributed by atoms with van der Waals surface area (Å²) in [5.41, 5.74) is 1.20. The van der Waals surface area contributed by atoms with Crippen LogP contribution >= 0.6 is 11.6 Å². The number of hydrogen-bond donors (Lipinski definition) is 2. The lowest BCUT2D eigenvalue weighted by molar-refractivity contribution is 0.393. The highest BCUT2D eigenvalue weighted by molar-refractivity contribution is 6.30. The first-order chi connectivity index (χ1) is 11.6. The third kappa shape index (κ3) is 4.54. The van der Waals surface area contributed by atoms with Crippen LogP contribution in [0.5, 0.6) is 0 Å². The summed E-state index contributed by atoms with van der Waals surface area (Å²) < 4.78 is 0. The van der Waals surface area contributed by atoms with E-state index in [1.165, 1.54) is 25.2 Å². The first kappa shape index (κ1) is 17.4. The van der Waals surface area contributed by atoms with E-state index in [9.17, 15) is 0 Å². The van der Waals surface area contributed by atoms with E-state index in [2.05, 4.69) is 38.5 Å². The molecular weight excluding hydrogens is 322 g/mol. The van der Waals surface area contributed by atoms with Crippen LogP contribution in [0.15, 0.2) is 29.3 Å². The van der Waals surface area contributed by atoms with E-state index in [-0.39, 0.29) is 0 Å². The molecule has 2 unspecified atom stereocenters. The highest BCUT2D eigenvalue weighted by Crippen LogP contribution is 2.23. The second kappa shape index (κ2) is 8.08. The Morgan fingerprint density at radius 1 is 1.29 bits per heavy atom. The molecule has 2 N–H and O–H groups in total. The van der Waals surface area contributed by atoms with Crippen LogP contribution in [-0.4, -0.2) is 63.7 Å². The number of rotatable bonds is 4. The van der Waals surface area contributed by atoms with Crippen LogP contribution in [0.3, 0.4) is 0 Å². The molecule has 2 fully saturated rings. The second-order valence-corrected chi connectivity index (χ2v) is 7.36. The second-order valence-electron chi connectivity index (χ2n) is 6.93. The molecular formula is C18H28ClN5. The summed E-state index contributed by atoms with van der Waals surface area (Å²) >= 11 is 6.11. The minimum absolute atomic E-state index is 0.418. The van der Waals surface area contributed by atoms with Gasteiger partial charge < -0.3 is 20.4 Å². The van der Waals surface area contributed by atoms with Gasteiger partial charge in [0.15, 0.2) is 5.96 Å². The number of hydrogen-bond acceptors (Lipinski definition) is 3. The van der Waals surface area contributed by atoms with Gasteiger partial charge in [-0.3, -0.25) is 4.99 Å². The molecule has 2 atom stereocenters. The van der Waals surface area contributed by atoms with Gasteiger partial charge in [-0.1, -0.05) is 17.7 Å². The molecule has 0 spiro atoms. The van der Waals surface area contributed by atoms with Gasteiger partial charge in [-0.2, -0.15) is 0 Å². The van der Waals surface area contributed by atoms with Gasteiger partial charge in [0.05, 0.1) is 0 Å². The smallest absolute Gasteiger partial charge is 0.191 e. The number of nitrogens with one attached hydrogen (secondary N) is 2. The fourth-order valence-electron chi connectivity index (χ4n) is 3.61. The lowest BCUT2D eigenvalue weighted by atomic mass is 10.1. The van der Waals surface area contributed by atoms with Crippen molar-refractivity contribution in [1.29, 1.82) is 0 Å². The number of nitrogens with zero attached hydrogens (tertiary/aromatic N) is 3. The van der Waals surface area contributed by atoms with Crippen molar-refractivity contribution in [3.05, 3.63) is 29.3 Å². The van der Waals surface area contributed by atoms with Gasteiger partial charge in [-0.25, -0.2) is 0 Å². The molecule has 0 aliphatic carbocycles. The zero-order valence-corrected chi connectivity index (χ0v) is 15.4. The van der Waals surface area contributed by atoms with Gasteiger partial charge in [0.25, 0.3) is 0 Å². The summed E-state index contributed by atoms with van der Waals surface area (Å²) in [5, 5.41) is 7.86. The Bertz CT molecular complexity index is 576. The van der Waals surface area contributed by atoms with Crippen molar-refractivity contribution >= 4 is 23.2 Å². The molecule has 0 amide bonds. The molecule has 5 nitrogen and oxygen atoms in total. The molecule has 0 saturated carbocycles. The van der Waals surface area contributed by atoms with E-state index in [4.69, 9.17) is 11.6 Å². The molecule has 1 aromatic carbocycles. The lowest BCUT2D eigenvalue weighted by Crippen LogP contribution is -2.46. The van der Waals surface area contributed by atoms with Crippen LogP contribution in [0.1, 0.15) is 12.8 Å². The predicted octanol–water partition coefficient (Wildman–Crippen LogP) is 2.04. The van der Waals surface area contributed by atoms with Gasteiger partial charge in [-0.15, -0.1) is 0 Å². The zero-order valence-electron chi connectivity index (χ0n) is 14.6. The Balaban J connectivity index is 1.47. The van der Waals surface area contributed by atoms with Crippen molar-refractivity contribution in [2.75, 3.05) is 51.7 Å². The van der Waals surface area contributed by atoms with Crippen LogP contribution in [0.25, 0.3) is 0 Å². The minimum Gasteiger partial charge on any atom is -0.369 e. The van der Waals surface area contributed by atoms with Gasteiger partial charge in [0.2, 0.25) is 0 Å². The minimum atomic E-state index is 0.418. The monoisotopic (exact) mass is 349 g/mol. The van der Waals surface area contributed by atoms with E-state index in [1.54, 1.807) is 0 Å². The summed E-state index contributed by atoms with van der Waals surface area (Å²) in [7, 11) is 4.04. The van der Waals surface area contributed by atoms with E-state index in [1.807, 2.05) is 25.2 Å². The quantitative estimate of drug-likeness (QED) is 0.645. The fourth-order valence-corrected chi connectivity index (χ4v) is 3.79. The number of benzene rings is 1. The van der Waals surface area contributed by atoms with Crippen molar-refractivity contribution < 1.29 is 0 Å². The van der Waals surface area contributed by atoms with E-state index >= 15 is 0 Å². The molecule has 2 aliphatic heterocycles. The lowest BCUT2D eigenvalue weighted by Gasteiger charge is -2.21. The molecule has 1 aromatic rings. The molecule has 0 aromatic heterocycles. The summed E-state index contributed by atoms with van der Waals surface area (Å²) in [6.07, 6.45) is 2.38. The van der Waals surface area contributed by atoms with Crippen molar-refractivity contribution in [1.82, 2.24) is 15.5 Å². The Morgan fingerprint density at radius 3 is 2.88 bits per heavy atom. The summed E-state index contributed by atoms with van der Waals surface area (Å²) in [6, 6.07) is 8.51. The number of halogens is 1. The maximum Gasteiger partial charge on any atom is 0.191 e. The van der Waals surface area contributed by atoms with E-state index < -0.39 is 0 Å². The molecule has 6 heteroatoms. The Kier molecular flexibility index (Phi) is 5.85. The number of guanidine groups is 1. The predicted molar refractivity (Wildman–Crippen MR) is 102 cm³/mol. The van der Waals surface area contributed by atoms with Gasteiger partial charge in [0.1, 0.15) is 0 Å². The zero-order chi connectivity index (χ0) is 16.9. The van der Waals surface area contributed by atoms with Crippen LogP contribution in [0, 0.1) is 5.92 Å². The third-order valence-electron chi connectivity index (χ3n) is 4.97. The fraction of sp³-hybridized carbons (Fsp3) is 0.611. The van der Waals surface area contributed by atoms with Gasteiger partial charge in [0, 0.05) is 50.0 Å². The normalized spacial score (nSPS) is 25.3. The van der Waals surface area contributed by atoms with Gasteiger partial charge >= 0.3 is 0 Å². The van der Waals surface area contributed by atoms with Crippen LogP contribution in [0.2, 0.25) is 5.02 Å². The molecule has 0 radical (unpaired) electrons. The van der Waals surface area contributed by atoms with E-state index in [0.29, 0.717) is 6.04 Å². The summed E-state index contributed by atoms with van der Waals surface area (Å²) in [4.78, 5) is 9.15. The standard InChI is InChI=1S/C18H28ClN5/c1-20-18(21-11-14-6-8-23(2)12-14)22-16-7-9-24(13-16)17-5-3-4-15(19)10-17/h3-5,10,14,16H,6-9,11-13H2,1-2H3,(H2,20,21,22). The summed E-state index contributed by atoms with van der Waals surface area (Å²) in [6.45, 7) is 5.40. The molecule has 0 bridgehead atoms. The van der Waals surface area contributed by atoms with Crippen LogP contribution in [0.4, 0.5) is 5.69 Å². The topological polar surface area (TPSA) is 42.9 Å². The maximum absolute atomic E-state index is 6.11. The molecule has 2 heterocycles. The molecule has 2 saturated heterocycles. The van der Waals surface area contributed by atoms with Crippen molar-refractivity contribution in [3.8, 4) is 0 Å². The number of aliphatic imine (C=N–C) groups is 1. The maximum atomic E-state index is 6.11. The first-order valence-electron chi connectivity index (χ1n) is 8.80. The van der Waals surface area contributed by atoms with Crippen LogP contribution in [-0.2, 0) is 0 Å². The third-order valence-corrected chi connectivity index (χ3v) is 5.21. The largest absolute Gasteiger partial charge is 0.369 e. The van der Waals surface area contributed by atoms with Gasteiger partial charge in [-0.05, 0) is 50.6 Å². The Morgan fingerprint density at radius 2 is 2.17 bits per heavy atom. The first-order valence-corrected chi connectivity index (χ1v) is 9.18. The summed E-state index contributed by atoms with van der Waals surface area (Å²) in [5.74, 6) is 1.64. The SMILES string of the molecule is CN=C(NCC1CCN(C)C1)NC1CCN(c2cccc(Cl)c2)C1. The molecule has 2 aliphatic rings. The Labute approximate surface area is 150 Å². The van der Waals surface area contributed by atoms with E-state index in [0.717, 1.165) is 43.0 Å². The highest BCUT2D eigenvalue weighted by atomic mass is 35.5. The van der Waals surface area contributed by atoms with Crippen molar-refractivity contribution in [2.45, 2.75) is 18.9 Å². The van der Waals surface area contributed by atoms with Crippen molar-refractivity contribution in [2.24, 2.45) is 10.9 Å². The Hall–Kier alpha value is -1.46. The molecule has 24 heavy (non-hydrogen) atoms. The average molecular weight is 350 g/mol. The number of anilines is 1. The highest BCUT2D eigenvalue weighted by Gasteiger charge is 2.24. The molecule has 3 rings (SSSR count). The van der Waals surface area contributed by atoms with Crippen molar-refractivity contribution in [3.63, 3.8) is 0 Å². The van der Waals surface area contributed by atoms with Crippen LogP contribution < -0.4 is 15.5 Å². The average Bonchev–Trinajstić information content (AvgIpc) is 3.20. The number of likely N-dealkylation sites (tertiary alicyclic amines) is 1.